The quantitative estimate of drug-likeness (QED) is 0.0670. The molecule has 0 aliphatic rings. The van der Waals surface area contributed by atoms with Gasteiger partial charge in [-0.1, -0.05) is 140 Å². The molecule has 0 heterocycles. The lowest BCUT2D eigenvalue weighted by Crippen LogP contribution is -2.42. The predicted octanol–water partition coefficient (Wildman–Crippen LogP) is 10.1. The van der Waals surface area contributed by atoms with Crippen molar-refractivity contribution in [2.24, 2.45) is 5.41 Å². The third kappa shape index (κ3) is 11.9. The van der Waals surface area contributed by atoms with Gasteiger partial charge in [0.1, 0.15) is 0 Å². The van der Waals surface area contributed by atoms with Crippen molar-refractivity contribution in [3.63, 3.8) is 0 Å². The Morgan fingerprint density at radius 3 is 1.50 bits per heavy atom. The van der Waals surface area contributed by atoms with Gasteiger partial charge in [0.05, 0.1) is 16.7 Å². The molecule has 1 aromatic carbocycles. The monoisotopic (exact) mass is 542 g/mol. The normalized spacial score (nSPS) is 11.5. The standard InChI is InChI=1S/C30H48Cl2O4/c1-4-7-8-9-10-11-12-13-14-15-16-17-18-19-20-24-35-28(33)30(5-2,6-3)29(34)36-27-25(31)22-21-23-26(27)32/h21-23H,4-20,24H2,1-3H3. The Hall–Kier alpha value is -1.26. The molecule has 0 N–H and O–H groups in total. The molecule has 0 fully saturated rings. The number of esters is 2. The summed E-state index contributed by atoms with van der Waals surface area (Å²) in [5.41, 5.74) is -1.36. The number of hydrogen-bond acceptors (Lipinski definition) is 4. The van der Waals surface area contributed by atoms with Crippen molar-refractivity contribution in [2.75, 3.05) is 6.61 Å². The molecule has 0 aliphatic carbocycles. The zero-order valence-electron chi connectivity index (χ0n) is 22.8. The van der Waals surface area contributed by atoms with Crippen molar-refractivity contribution in [2.45, 2.75) is 130 Å². The molecule has 0 atom stereocenters. The van der Waals surface area contributed by atoms with Crippen LogP contribution >= 0.6 is 23.2 Å². The van der Waals surface area contributed by atoms with Gasteiger partial charge < -0.3 is 9.47 Å². The summed E-state index contributed by atoms with van der Waals surface area (Å²) in [6, 6.07) is 4.84. The van der Waals surface area contributed by atoms with Gasteiger partial charge in [-0.25, -0.2) is 0 Å². The molecule has 6 heteroatoms. The maximum Gasteiger partial charge on any atom is 0.328 e. The van der Waals surface area contributed by atoms with Gasteiger partial charge in [0.2, 0.25) is 0 Å². The van der Waals surface area contributed by atoms with Gasteiger partial charge in [0.15, 0.2) is 11.2 Å². The Labute approximate surface area is 229 Å². The van der Waals surface area contributed by atoms with Crippen LogP contribution in [0.1, 0.15) is 130 Å². The SMILES string of the molecule is CCCCCCCCCCCCCCCCCOC(=O)C(CC)(CC)C(=O)Oc1c(Cl)cccc1Cl. The lowest BCUT2D eigenvalue weighted by molar-refractivity contribution is -0.168. The van der Waals surface area contributed by atoms with Gasteiger partial charge in [-0.3, -0.25) is 9.59 Å². The highest BCUT2D eigenvalue weighted by Crippen LogP contribution is 2.36. The fraction of sp³-hybridized carbons (Fsp3) is 0.733. The predicted molar refractivity (Wildman–Crippen MR) is 151 cm³/mol. The van der Waals surface area contributed by atoms with Gasteiger partial charge in [-0.2, -0.15) is 0 Å². The Balaban J connectivity index is 2.21. The van der Waals surface area contributed by atoms with Crippen LogP contribution in [0.3, 0.4) is 0 Å². The van der Waals surface area contributed by atoms with Crippen LogP contribution in [0.5, 0.6) is 5.75 Å². The molecule has 0 aliphatic heterocycles. The van der Waals surface area contributed by atoms with Crippen molar-refractivity contribution >= 4 is 35.1 Å². The summed E-state index contributed by atoms with van der Waals surface area (Å²) >= 11 is 12.2. The molecule has 0 radical (unpaired) electrons. The van der Waals surface area contributed by atoms with Crippen LogP contribution in [-0.4, -0.2) is 18.5 Å². The van der Waals surface area contributed by atoms with Gasteiger partial charge in [0, 0.05) is 0 Å². The fourth-order valence-corrected chi connectivity index (χ4v) is 4.93. The number of para-hydroxylation sites is 1. The van der Waals surface area contributed by atoms with Crippen molar-refractivity contribution in [3.05, 3.63) is 28.2 Å². The van der Waals surface area contributed by atoms with Gasteiger partial charge >= 0.3 is 11.9 Å². The molecule has 1 aromatic rings. The lowest BCUT2D eigenvalue weighted by atomic mass is 9.82. The van der Waals surface area contributed by atoms with Crippen LogP contribution in [0.15, 0.2) is 18.2 Å². The van der Waals surface area contributed by atoms with Crippen molar-refractivity contribution < 1.29 is 19.1 Å². The van der Waals surface area contributed by atoms with Crippen molar-refractivity contribution in [1.29, 1.82) is 0 Å². The first-order chi connectivity index (χ1) is 17.4. The van der Waals surface area contributed by atoms with E-state index >= 15 is 0 Å². The van der Waals surface area contributed by atoms with E-state index in [0.717, 1.165) is 19.3 Å². The Bertz CT molecular complexity index is 726. The number of halogens is 2. The largest absolute Gasteiger partial charge is 0.465 e. The van der Waals surface area contributed by atoms with Crippen LogP contribution in [0.4, 0.5) is 0 Å². The van der Waals surface area contributed by atoms with E-state index in [2.05, 4.69) is 6.92 Å². The second-order valence-corrected chi connectivity index (χ2v) is 10.6. The second-order valence-electron chi connectivity index (χ2n) is 9.82. The summed E-state index contributed by atoms with van der Waals surface area (Å²) in [6.07, 6.45) is 19.8. The number of carbonyl (C=O) groups excluding carboxylic acids is 2. The summed E-state index contributed by atoms with van der Waals surface area (Å²) in [4.78, 5) is 25.9. The first kappa shape index (κ1) is 32.8. The third-order valence-corrected chi connectivity index (χ3v) is 7.68. The molecule has 36 heavy (non-hydrogen) atoms. The molecule has 0 saturated carbocycles. The van der Waals surface area contributed by atoms with E-state index in [1.165, 1.54) is 77.0 Å². The average molecular weight is 544 g/mol. The molecule has 0 aromatic heterocycles. The zero-order valence-corrected chi connectivity index (χ0v) is 24.4. The average Bonchev–Trinajstić information content (AvgIpc) is 2.87. The van der Waals surface area contributed by atoms with E-state index in [-0.39, 0.29) is 28.6 Å². The summed E-state index contributed by atoms with van der Waals surface area (Å²) in [5, 5.41) is 0.450. The number of unbranched alkanes of at least 4 members (excludes halogenated alkanes) is 14. The number of ether oxygens (including phenoxy) is 2. The molecule has 4 nitrogen and oxygen atoms in total. The lowest BCUT2D eigenvalue weighted by Gasteiger charge is -2.27. The molecular formula is C30H48Cl2O4. The highest BCUT2D eigenvalue weighted by Gasteiger charge is 2.46. The number of carbonyl (C=O) groups is 2. The first-order valence-electron chi connectivity index (χ1n) is 14.3. The van der Waals surface area contributed by atoms with E-state index in [1.54, 1.807) is 32.0 Å². The summed E-state index contributed by atoms with van der Waals surface area (Å²) in [6.45, 7) is 6.15. The van der Waals surface area contributed by atoms with Crippen LogP contribution in [0.2, 0.25) is 10.0 Å². The summed E-state index contributed by atoms with van der Waals surface area (Å²) < 4.78 is 11.0. The van der Waals surface area contributed by atoms with Crippen LogP contribution in [0.25, 0.3) is 0 Å². The van der Waals surface area contributed by atoms with Crippen LogP contribution in [0, 0.1) is 5.41 Å². The van der Waals surface area contributed by atoms with Gasteiger partial charge in [-0.15, -0.1) is 0 Å². The Morgan fingerprint density at radius 2 is 1.08 bits per heavy atom. The van der Waals surface area contributed by atoms with Crippen LogP contribution in [-0.2, 0) is 14.3 Å². The van der Waals surface area contributed by atoms with E-state index < -0.39 is 17.4 Å². The highest BCUT2D eigenvalue weighted by molar-refractivity contribution is 6.37. The summed E-state index contributed by atoms with van der Waals surface area (Å²) in [7, 11) is 0. The minimum atomic E-state index is -1.36. The van der Waals surface area contributed by atoms with E-state index in [0.29, 0.717) is 6.61 Å². The molecule has 0 spiro atoms. The molecule has 206 valence electrons. The van der Waals surface area contributed by atoms with Gasteiger partial charge in [0.25, 0.3) is 0 Å². The second kappa shape index (κ2) is 19.8. The van der Waals surface area contributed by atoms with Gasteiger partial charge in [-0.05, 0) is 31.4 Å². The molecular weight excluding hydrogens is 495 g/mol. The molecule has 0 bridgehead atoms. The van der Waals surface area contributed by atoms with E-state index in [1.807, 2.05) is 0 Å². The molecule has 0 amide bonds. The van der Waals surface area contributed by atoms with E-state index in [9.17, 15) is 9.59 Å². The minimum absolute atomic E-state index is 0.0762. The zero-order chi connectivity index (χ0) is 26.7. The number of rotatable bonds is 21. The first-order valence-corrected chi connectivity index (χ1v) is 15.0. The minimum Gasteiger partial charge on any atom is -0.465 e. The molecule has 1 rings (SSSR count). The van der Waals surface area contributed by atoms with Crippen molar-refractivity contribution in [3.8, 4) is 5.75 Å². The topological polar surface area (TPSA) is 52.6 Å². The number of benzene rings is 1. The smallest absolute Gasteiger partial charge is 0.328 e. The Morgan fingerprint density at radius 1 is 0.667 bits per heavy atom. The van der Waals surface area contributed by atoms with Crippen molar-refractivity contribution in [1.82, 2.24) is 0 Å². The summed E-state index contributed by atoms with van der Waals surface area (Å²) in [5.74, 6) is -1.14. The maximum atomic E-state index is 13.0. The highest BCUT2D eigenvalue weighted by atomic mass is 35.5. The number of hydrogen-bond donors (Lipinski definition) is 0. The third-order valence-electron chi connectivity index (χ3n) is 7.08. The Kier molecular flexibility index (Phi) is 18.0. The molecule has 0 saturated heterocycles. The van der Waals surface area contributed by atoms with E-state index in [4.69, 9.17) is 32.7 Å². The fourth-order valence-electron chi connectivity index (χ4n) is 4.46. The van der Waals surface area contributed by atoms with Crippen LogP contribution < -0.4 is 4.74 Å². The molecule has 0 unspecified atom stereocenters. The maximum absolute atomic E-state index is 13.0.